The Bertz CT molecular complexity index is 937. The first-order valence-electron chi connectivity index (χ1n) is 6.81. The second-order valence-electron chi connectivity index (χ2n) is 5.05. The molecule has 3 heterocycles. The number of pyridine rings is 1. The quantitative estimate of drug-likeness (QED) is 0.616. The molecule has 0 radical (unpaired) electrons. The summed E-state index contributed by atoms with van der Waals surface area (Å²) >= 11 is 1.62. The molecule has 0 fully saturated rings. The monoisotopic (exact) mass is 307 g/mol. The van der Waals surface area contributed by atoms with Crippen LogP contribution in [-0.4, -0.2) is 19.7 Å². The van der Waals surface area contributed by atoms with Crippen LogP contribution in [0.3, 0.4) is 0 Å². The molecule has 6 heteroatoms. The first kappa shape index (κ1) is 13.0. The smallest absolute Gasteiger partial charge is 0.133 e. The molecule has 0 aliphatic carbocycles. The number of nitrogens with zero attached hydrogens (tertiary/aromatic N) is 4. The van der Waals surface area contributed by atoms with Gasteiger partial charge in [-0.15, -0.1) is 11.3 Å². The number of rotatable bonds is 2. The van der Waals surface area contributed by atoms with Crippen molar-refractivity contribution in [2.45, 2.75) is 0 Å². The zero-order valence-corrected chi connectivity index (χ0v) is 12.7. The largest absolute Gasteiger partial charge is 0.383 e. The van der Waals surface area contributed by atoms with Gasteiger partial charge in [-0.3, -0.25) is 4.68 Å². The Morgan fingerprint density at radius 1 is 1.14 bits per heavy atom. The van der Waals surface area contributed by atoms with Crippen LogP contribution in [0.4, 0.5) is 5.82 Å². The SMILES string of the molecule is Cn1cc(-c2cnc(N)c(-c3nc4ccccc4s3)c2)cn1. The summed E-state index contributed by atoms with van der Waals surface area (Å²) in [6.07, 6.45) is 5.54. The minimum Gasteiger partial charge on any atom is -0.383 e. The average molecular weight is 307 g/mol. The van der Waals surface area contributed by atoms with Gasteiger partial charge in [0.25, 0.3) is 0 Å². The van der Waals surface area contributed by atoms with Crippen molar-refractivity contribution in [2.24, 2.45) is 7.05 Å². The molecule has 4 rings (SSSR count). The molecule has 3 aromatic heterocycles. The van der Waals surface area contributed by atoms with Crippen LogP contribution < -0.4 is 5.73 Å². The lowest BCUT2D eigenvalue weighted by molar-refractivity contribution is 0.768. The van der Waals surface area contributed by atoms with Crippen LogP contribution in [0.2, 0.25) is 0 Å². The normalized spacial score (nSPS) is 11.1. The Balaban J connectivity index is 1.87. The number of aryl methyl sites for hydroxylation is 1. The molecule has 1 aromatic carbocycles. The van der Waals surface area contributed by atoms with E-state index in [1.165, 1.54) is 0 Å². The lowest BCUT2D eigenvalue weighted by Gasteiger charge is -2.04. The zero-order valence-electron chi connectivity index (χ0n) is 11.9. The van der Waals surface area contributed by atoms with E-state index in [0.29, 0.717) is 5.82 Å². The van der Waals surface area contributed by atoms with E-state index in [4.69, 9.17) is 5.73 Å². The summed E-state index contributed by atoms with van der Waals surface area (Å²) in [5, 5.41) is 5.08. The van der Waals surface area contributed by atoms with E-state index in [1.54, 1.807) is 22.2 Å². The van der Waals surface area contributed by atoms with Crippen molar-refractivity contribution in [3.63, 3.8) is 0 Å². The van der Waals surface area contributed by atoms with Crippen LogP contribution in [-0.2, 0) is 7.05 Å². The number of para-hydroxylation sites is 1. The Kier molecular flexibility index (Phi) is 2.90. The van der Waals surface area contributed by atoms with Crippen LogP contribution in [0.1, 0.15) is 0 Å². The van der Waals surface area contributed by atoms with E-state index < -0.39 is 0 Å². The minimum atomic E-state index is 0.492. The zero-order chi connectivity index (χ0) is 15.1. The highest BCUT2D eigenvalue weighted by atomic mass is 32.1. The van der Waals surface area contributed by atoms with E-state index in [-0.39, 0.29) is 0 Å². The van der Waals surface area contributed by atoms with Gasteiger partial charge in [0.15, 0.2) is 0 Å². The summed E-state index contributed by atoms with van der Waals surface area (Å²) in [6.45, 7) is 0. The van der Waals surface area contributed by atoms with Gasteiger partial charge in [-0.25, -0.2) is 9.97 Å². The Morgan fingerprint density at radius 2 is 2.00 bits per heavy atom. The predicted octanol–water partition coefficient (Wildman–Crippen LogP) is 3.34. The maximum absolute atomic E-state index is 6.06. The Hall–Kier alpha value is -2.73. The number of hydrogen-bond acceptors (Lipinski definition) is 5. The topological polar surface area (TPSA) is 69.6 Å². The highest BCUT2D eigenvalue weighted by molar-refractivity contribution is 7.21. The number of nitrogens with two attached hydrogens (primary N) is 1. The molecule has 0 aliphatic rings. The van der Waals surface area contributed by atoms with Crippen molar-refractivity contribution in [3.05, 3.63) is 48.9 Å². The van der Waals surface area contributed by atoms with E-state index in [1.807, 2.05) is 43.7 Å². The predicted molar refractivity (Wildman–Crippen MR) is 89.5 cm³/mol. The van der Waals surface area contributed by atoms with E-state index >= 15 is 0 Å². The summed E-state index contributed by atoms with van der Waals surface area (Å²) in [7, 11) is 1.89. The van der Waals surface area contributed by atoms with E-state index in [2.05, 4.69) is 21.1 Å². The van der Waals surface area contributed by atoms with Gasteiger partial charge in [0.05, 0.1) is 22.0 Å². The van der Waals surface area contributed by atoms with Gasteiger partial charge in [-0.1, -0.05) is 12.1 Å². The number of aromatic nitrogens is 4. The molecule has 108 valence electrons. The number of fused-ring (bicyclic) bond motifs is 1. The third kappa shape index (κ3) is 2.14. The molecule has 0 aliphatic heterocycles. The number of nitrogen functional groups attached to an aromatic ring is 1. The average Bonchev–Trinajstić information content (AvgIpc) is 3.13. The number of anilines is 1. The molecule has 0 atom stereocenters. The molecule has 2 N–H and O–H groups in total. The van der Waals surface area contributed by atoms with Crippen molar-refractivity contribution < 1.29 is 0 Å². The number of hydrogen-bond donors (Lipinski definition) is 1. The van der Waals surface area contributed by atoms with Crippen LogP contribution in [0.15, 0.2) is 48.9 Å². The standard InChI is InChI=1S/C16H13N5S/c1-21-9-11(8-19-21)10-6-12(15(17)18-7-10)16-20-13-4-2-3-5-14(13)22-16/h2-9H,1H3,(H2,17,18). The Labute approximate surface area is 131 Å². The lowest BCUT2D eigenvalue weighted by Crippen LogP contribution is -1.94. The third-order valence-electron chi connectivity index (χ3n) is 3.48. The summed E-state index contributed by atoms with van der Waals surface area (Å²) in [5.41, 5.74) is 9.90. The molecule has 5 nitrogen and oxygen atoms in total. The lowest BCUT2D eigenvalue weighted by atomic mass is 10.1. The van der Waals surface area contributed by atoms with Gasteiger partial charge in [0.2, 0.25) is 0 Å². The van der Waals surface area contributed by atoms with E-state index in [9.17, 15) is 0 Å². The maximum Gasteiger partial charge on any atom is 0.133 e. The van der Waals surface area contributed by atoms with Crippen molar-refractivity contribution in [2.75, 3.05) is 5.73 Å². The van der Waals surface area contributed by atoms with Gasteiger partial charge in [0.1, 0.15) is 10.8 Å². The highest BCUT2D eigenvalue weighted by Crippen LogP contribution is 2.34. The highest BCUT2D eigenvalue weighted by Gasteiger charge is 2.12. The molecule has 0 spiro atoms. The van der Waals surface area contributed by atoms with Gasteiger partial charge in [-0.2, -0.15) is 5.10 Å². The van der Waals surface area contributed by atoms with Crippen molar-refractivity contribution in [1.29, 1.82) is 0 Å². The molecule has 0 saturated carbocycles. The van der Waals surface area contributed by atoms with Crippen LogP contribution >= 0.6 is 11.3 Å². The first-order valence-corrected chi connectivity index (χ1v) is 7.63. The van der Waals surface area contributed by atoms with Gasteiger partial charge >= 0.3 is 0 Å². The summed E-state index contributed by atoms with van der Waals surface area (Å²) in [6, 6.07) is 10.1. The molecule has 0 amide bonds. The molecule has 0 unspecified atom stereocenters. The fourth-order valence-corrected chi connectivity index (χ4v) is 3.35. The molecular weight excluding hydrogens is 294 g/mol. The third-order valence-corrected chi connectivity index (χ3v) is 4.55. The fraction of sp³-hybridized carbons (Fsp3) is 0.0625. The van der Waals surface area contributed by atoms with Crippen molar-refractivity contribution in [3.8, 4) is 21.7 Å². The first-order chi connectivity index (χ1) is 10.7. The number of benzene rings is 1. The van der Waals surface area contributed by atoms with E-state index in [0.717, 1.165) is 31.9 Å². The van der Waals surface area contributed by atoms with Crippen LogP contribution in [0.25, 0.3) is 31.9 Å². The number of thiazole rings is 1. The Morgan fingerprint density at radius 3 is 2.77 bits per heavy atom. The summed E-state index contributed by atoms with van der Waals surface area (Å²) in [5.74, 6) is 0.492. The molecule has 0 saturated heterocycles. The van der Waals surface area contributed by atoms with Crippen molar-refractivity contribution >= 4 is 27.4 Å². The molecule has 0 bridgehead atoms. The second kappa shape index (κ2) is 4.92. The van der Waals surface area contributed by atoms with Gasteiger partial charge in [-0.05, 0) is 18.2 Å². The maximum atomic E-state index is 6.06. The molecule has 4 aromatic rings. The summed E-state index contributed by atoms with van der Waals surface area (Å²) in [4.78, 5) is 8.98. The minimum absolute atomic E-state index is 0.492. The van der Waals surface area contributed by atoms with Crippen LogP contribution in [0, 0.1) is 0 Å². The van der Waals surface area contributed by atoms with Crippen LogP contribution in [0.5, 0.6) is 0 Å². The molecule has 22 heavy (non-hydrogen) atoms. The molecular formula is C16H13N5S. The summed E-state index contributed by atoms with van der Waals surface area (Å²) < 4.78 is 2.91. The van der Waals surface area contributed by atoms with Gasteiger partial charge in [0, 0.05) is 30.6 Å². The second-order valence-corrected chi connectivity index (χ2v) is 6.08. The van der Waals surface area contributed by atoms with Gasteiger partial charge < -0.3 is 5.73 Å². The van der Waals surface area contributed by atoms with Crippen molar-refractivity contribution in [1.82, 2.24) is 19.7 Å². The fourth-order valence-electron chi connectivity index (χ4n) is 2.36.